The molecule has 0 radical (unpaired) electrons. The van der Waals surface area contributed by atoms with Gasteiger partial charge in [0.2, 0.25) is 0 Å². The highest BCUT2D eigenvalue weighted by atomic mass is 16.5. The molecule has 3 rings (SSSR count). The molecular formula is C19H25NO5. The molecule has 1 aliphatic carbocycles. The van der Waals surface area contributed by atoms with Crippen molar-refractivity contribution in [1.29, 1.82) is 0 Å². The molecule has 1 N–H and O–H groups in total. The van der Waals surface area contributed by atoms with E-state index in [1.54, 1.807) is 32.2 Å². The van der Waals surface area contributed by atoms with Crippen molar-refractivity contribution in [3.05, 3.63) is 23.8 Å². The third-order valence-electron chi connectivity index (χ3n) is 5.35. The molecule has 1 aromatic rings. The molecule has 1 amide bonds. The Morgan fingerprint density at radius 1 is 1.20 bits per heavy atom. The Kier molecular flexibility index (Phi) is 4.88. The molecule has 1 aromatic carbocycles. The lowest BCUT2D eigenvalue weighted by molar-refractivity contribution is -0.147. The first kappa shape index (κ1) is 17.6. The lowest BCUT2D eigenvalue weighted by atomic mass is 9.98. The summed E-state index contributed by atoms with van der Waals surface area (Å²) in [6.45, 7) is 2.06. The van der Waals surface area contributed by atoms with Crippen LogP contribution in [0.2, 0.25) is 0 Å². The summed E-state index contributed by atoms with van der Waals surface area (Å²) in [7, 11) is 1.57. The second-order valence-corrected chi connectivity index (χ2v) is 7.03. The molecule has 0 spiro atoms. The molecule has 1 heterocycles. The van der Waals surface area contributed by atoms with Gasteiger partial charge in [-0.15, -0.1) is 0 Å². The minimum Gasteiger partial charge on any atom is -0.493 e. The normalized spacial score (nSPS) is 23.7. The highest BCUT2D eigenvalue weighted by Crippen LogP contribution is 2.35. The molecule has 1 aliphatic heterocycles. The number of carbonyl (C=O) groups is 2. The fourth-order valence-corrected chi connectivity index (χ4v) is 3.75. The van der Waals surface area contributed by atoms with E-state index >= 15 is 0 Å². The van der Waals surface area contributed by atoms with E-state index in [0.29, 0.717) is 36.4 Å². The number of carboxylic acid groups (broad SMARTS) is 1. The first-order valence-electron chi connectivity index (χ1n) is 8.86. The number of nitrogens with zero attached hydrogens (tertiary/aromatic N) is 1. The van der Waals surface area contributed by atoms with Crippen LogP contribution in [0.1, 0.15) is 55.8 Å². The number of benzene rings is 1. The van der Waals surface area contributed by atoms with E-state index in [1.165, 1.54) is 4.90 Å². The standard InChI is InChI=1S/C19H25NO5/c1-19(18(22)23)10-5-11-20(19)17(21)13-8-9-15(24-2)16(12-13)25-14-6-3-4-7-14/h8-9,12,14H,3-7,10-11H2,1-2H3,(H,22,23). The van der Waals surface area contributed by atoms with Crippen LogP contribution in [0.25, 0.3) is 0 Å². The maximum absolute atomic E-state index is 12.9. The summed E-state index contributed by atoms with van der Waals surface area (Å²) in [5.41, 5.74) is -0.716. The number of methoxy groups -OCH3 is 1. The summed E-state index contributed by atoms with van der Waals surface area (Å²) in [4.78, 5) is 26.0. The van der Waals surface area contributed by atoms with E-state index in [2.05, 4.69) is 0 Å². The first-order valence-corrected chi connectivity index (χ1v) is 8.86. The molecule has 25 heavy (non-hydrogen) atoms. The Bertz CT molecular complexity index is 668. The smallest absolute Gasteiger partial charge is 0.329 e. The van der Waals surface area contributed by atoms with Gasteiger partial charge in [-0.25, -0.2) is 4.79 Å². The quantitative estimate of drug-likeness (QED) is 0.886. The van der Waals surface area contributed by atoms with Crippen LogP contribution in [0.4, 0.5) is 0 Å². The average Bonchev–Trinajstić information content (AvgIpc) is 3.24. The zero-order valence-electron chi connectivity index (χ0n) is 14.8. The van der Waals surface area contributed by atoms with Crippen molar-refractivity contribution in [3.63, 3.8) is 0 Å². The number of hydrogen-bond donors (Lipinski definition) is 1. The summed E-state index contributed by atoms with van der Waals surface area (Å²) >= 11 is 0. The van der Waals surface area contributed by atoms with Gasteiger partial charge >= 0.3 is 5.97 Å². The van der Waals surface area contributed by atoms with Crippen LogP contribution >= 0.6 is 0 Å². The van der Waals surface area contributed by atoms with Crippen LogP contribution < -0.4 is 9.47 Å². The highest BCUT2D eigenvalue weighted by Gasteiger charge is 2.46. The summed E-state index contributed by atoms with van der Waals surface area (Å²) < 4.78 is 11.4. The maximum Gasteiger partial charge on any atom is 0.329 e. The first-order chi connectivity index (χ1) is 12.0. The van der Waals surface area contributed by atoms with Gasteiger partial charge in [0.05, 0.1) is 13.2 Å². The van der Waals surface area contributed by atoms with Crippen molar-refractivity contribution in [3.8, 4) is 11.5 Å². The minimum absolute atomic E-state index is 0.148. The SMILES string of the molecule is COc1ccc(C(=O)N2CCCC2(C)C(=O)O)cc1OC1CCCC1. The molecule has 6 heteroatoms. The van der Waals surface area contributed by atoms with Crippen molar-refractivity contribution in [2.75, 3.05) is 13.7 Å². The molecular weight excluding hydrogens is 322 g/mol. The number of rotatable bonds is 5. The largest absolute Gasteiger partial charge is 0.493 e. The Morgan fingerprint density at radius 3 is 2.56 bits per heavy atom. The molecule has 136 valence electrons. The number of hydrogen-bond acceptors (Lipinski definition) is 4. The number of ether oxygens (including phenoxy) is 2. The number of amides is 1. The number of likely N-dealkylation sites (tertiary alicyclic amines) is 1. The highest BCUT2D eigenvalue weighted by molar-refractivity contribution is 5.98. The van der Waals surface area contributed by atoms with E-state index in [0.717, 1.165) is 25.7 Å². The van der Waals surface area contributed by atoms with Crippen molar-refractivity contribution in [2.45, 2.75) is 57.1 Å². The van der Waals surface area contributed by atoms with E-state index in [1.807, 2.05) is 0 Å². The van der Waals surface area contributed by atoms with Gasteiger partial charge in [0.1, 0.15) is 5.54 Å². The van der Waals surface area contributed by atoms with Crippen LogP contribution in [-0.2, 0) is 4.79 Å². The van der Waals surface area contributed by atoms with Crippen LogP contribution in [0.15, 0.2) is 18.2 Å². The molecule has 1 saturated carbocycles. The van der Waals surface area contributed by atoms with Crippen molar-refractivity contribution in [1.82, 2.24) is 4.90 Å². The predicted molar refractivity (Wildman–Crippen MR) is 92.2 cm³/mol. The maximum atomic E-state index is 12.9. The lowest BCUT2D eigenvalue weighted by Gasteiger charge is -2.31. The monoisotopic (exact) mass is 347 g/mol. The third kappa shape index (κ3) is 3.30. The summed E-state index contributed by atoms with van der Waals surface area (Å²) in [6.07, 6.45) is 5.61. The van der Waals surface area contributed by atoms with Crippen LogP contribution in [-0.4, -0.2) is 47.2 Å². The molecule has 0 aromatic heterocycles. The van der Waals surface area contributed by atoms with Gasteiger partial charge in [0.15, 0.2) is 11.5 Å². The van der Waals surface area contributed by atoms with E-state index < -0.39 is 11.5 Å². The van der Waals surface area contributed by atoms with E-state index in [9.17, 15) is 14.7 Å². The van der Waals surface area contributed by atoms with Gasteiger partial charge in [0.25, 0.3) is 5.91 Å². The molecule has 1 unspecified atom stereocenters. The van der Waals surface area contributed by atoms with Crippen LogP contribution in [0.3, 0.4) is 0 Å². The summed E-state index contributed by atoms with van der Waals surface area (Å²) in [5.74, 6) is -0.0991. The van der Waals surface area contributed by atoms with Gasteiger partial charge < -0.3 is 19.5 Å². The second kappa shape index (κ2) is 6.94. The number of aliphatic carboxylic acids is 1. The van der Waals surface area contributed by atoms with Gasteiger partial charge in [-0.1, -0.05) is 0 Å². The van der Waals surface area contributed by atoms with Crippen LogP contribution in [0.5, 0.6) is 11.5 Å². The molecule has 0 bridgehead atoms. The van der Waals surface area contributed by atoms with Gasteiger partial charge in [0, 0.05) is 12.1 Å². The summed E-state index contributed by atoms with van der Waals surface area (Å²) in [5, 5.41) is 9.53. The van der Waals surface area contributed by atoms with E-state index in [4.69, 9.17) is 9.47 Å². The molecule has 1 atom stereocenters. The zero-order chi connectivity index (χ0) is 18.0. The van der Waals surface area contributed by atoms with Crippen molar-refractivity contribution >= 4 is 11.9 Å². The topological polar surface area (TPSA) is 76.1 Å². The number of carbonyl (C=O) groups excluding carboxylic acids is 1. The lowest BCUT2D eigenvalue weighted by Crippen LogP contribution is -2.50. The average molecular weight is 347 g/mol. The summed E-state index contributed by atoms with van der Waals surface area (Å²) in [6, 6.07) is 5.06. The molecule has 2 aliphatic rings. The van der Waals surface area contributed by atoms with Crippen LogP contribution in [0, 0.1) is 0 Å². The Morgan fingerprint density at radius 2 is 1.92 bits per heavy atom. The van der Waals surface area contributed by atoms with Crippen molar-refractivity contribution in [2.24, 2.45) is 0 Å². The second-order valence-electron chi connectivity index (χ2n) is 7.03. The zero-order valence-corrected chi connectivity index (χ0v) is 14.8. The molecule has 1 saturated heterocycles. The minimum atomic E-state index is -1.15. The molecule has 6 nitrogen and oxygen atoms in total. The van der Waals surface area contributed by atoms with E-state index in [-0.39, 0.29) is 12.0 Å². The third-order valence-corrected chi connectivity index (χ3v) is 5.35. The predicted octanol–water partition coefficient (Wildman–Crippen LogP) is 3.10. The van der Waals surface area contributed by atoms with Gasteiger partial charge in [-0.05, 0) is 63.6 Å². The van der Waals surface area contributed by atoms with Crippen molar-refractivity contribution < 1.29 is 24.2 Å². The Labute approximate surface area is 147 Å². The number of carboxylic acids is 1. The molecule has 2 fully saturated rings. The van der Waals surface area contributed by atoms with Gasteiger partial charge in [-0.2, -0.15) is 0 Å². The fraction of sp³-hybridized carbons (Fsp3) is 0.579. The fourth-order valence-electron chi connectivity index (χ4n) is 3.75. The Balaban J connectivity index is 1.86. The Hall–Kier alpha value is -2.24. The van der Waals surface area contributed by atoms with Gasteiger partial charge in [-0.3, -0.25) is 4.79 Å².